The van der Waals surface area contributed by atoms with E-state index in [0.717, 1.165) is 4.57 Å². The number of aryl methyl sites for hydroxylation is 1. The summed E-state index contributed by atoms with van der Waals surface area (Å²) in [5.74, 6) is -1.18. The summed E-state index contributed by atoms with van der Waals surface area (Å²) in [7, 11) is 1.48. The average molecular weight is 355 g/mol. The van der Waals surface area contributed by atoms with Crippen LogP contribution >= 0.6 is 0 Å². The molecule has 9 heteroatoms. The van der Waals surface area contributed by atoms with Crippen LogP contribution in [0.1, 0.15) is 15.9 Å². The number of benzene rings is 2. The number of fused-ring (bicyclic) bond motifs is 1. The van der Waals surface area contributed by atoms with E-state index in [2.05, 4.69) is 0 Å². The Morgan fingerprint density at radius 2 is 1.81 bits per heavy atom. The topological polar surface area (TPSA) is 124 Å². The molecule has 0 amide bonds. The Morgan fingerprint density at radius 1 is 1.15 bits per heavy atom. The van der Waals surface area contributed by atoms with Gasteiger partial charge in [0.1, 0.15) is 0 Å². The fraction of sp³-hybridized carbons (Fsp3) is 0.118. The SMILES string of the molecule is Cn1c(=O)n(Cc2ccc([N+](=O)[O-])cc2)c(=O)c2cc(C(=O)O)ccc21. The van der Waals surface area contributed by atoms with Crippen LogP contribution in [0.5, 0.6) is 0 Å². The van der Waals surface area contributed by atoms with E-state index in [1.165, 1.54) is 54.1 Å². The minimum absolute atomic E-state index is 0.0601. The van der Waals surface area contributed by atoms with E-state index in [1.807, 2.05) is 0 Å². The van der Waals surface area contributed by atoms with E-state index >= 15 is 0 Å². The second-order valence-electron chi connectivity index (χ2n) is 5.69. The molecule has 132 valence electrons. The Bertz CT molecular complexity index is 1160. The number of carbonyl (C=O) groups is 1. The Kier molecular flexibility index (Phi) is 4.13. The van der Waals surface area contributed by atoms with Crippen molar-refractivity contribution in [2.24, 2.45) is 7.05 Å². The highest BCUT2D eigenvalue weighted by molar-refractivity contribution is 5.93. The van der Waals surface area contributed by atoms with Crippen molar-refractivity contribution in [3.05, 3.63) is 84.5 Å². The first kappa shape index (κ1) is 17.1. The molecule has 0 bridgehead atoms. The molecular formula is C17H13N3O6. The number of hydrogen-bond acceptors (Lipinski definition) is 5. The molecular weight excluding hydrogens is 342 g/mol. The summed E-state index contributed by atoms with van der Waals surface area (Å²) in [5.41, 5.74) is -0.490. The van der Waals surface area contributed by atoms with Crippen LogP contribution in [-0.4, -0.2) is 25.1 Å². The average Bonchev–Trinajstić information content (AvgIpc) is 2.63. The fourth-order valence-corrected chi connectivity index (χ4v) is 2.69. The van der Waals surface area contributed by atoms with Gasteiger partial charge in [-0.15, -0.1) is 0 Å². The molecule has 0 radical (unpaired) electrons. The van der Waals surface area contributed by atoms with E-state index in [1.54, 1.807) is 0 Å². The molecule has 2 aromatic carbocycles. The first-order valence-corrected chi connectivity index (χ1v) is 7.50. The highest BCUT2D eigenvalue weighted by Gasteiger charge is 2.14. The maximum absolute atomic E-state index is 12.7. The van der Waals surface area contributed by atoms with Crippen molar-refractivity contribution >= 4 is 22.6 Å². The third kappa shape index (κ3) is 2.86. The minimum atomic E-state index is -1.18. The maximum atomic E-state index is 12.7. The number of hydrogen-bond donors (Lipinski definition) is 1. The number of aromatic nitrogens is 2. The lowest BCUT2D eigenvalue weighted by Crippen LogP contribution is -2.39. The quantitative estimate of drug-likeness (QED) is 0.556. The number of rotatable bonds is 4. The molecule has 0 aliphatic carbocycles. The van der Waals surface area contributed by atoms with Crippen LogP contribution < -0.4 is 11.2 Å². The van der Waals surface area contributed by atoms with Crippen molar-refractivity contribution in [2.45, 2.75) is 6.54 Å². The van der Waals surface area contributed by atoms with Crippen LogP contribution in [0.2, 0.25) is 0 Å². The van der Waals surface area contributed by atoms with Gasteiger partial charge in [0.2, 0.25) is 0 Å². The van der Waals surface area contributed by atoms with Gasteiger partial charge in [0.25, 0.3) is 11.2 Å². The lowest BCUT2D eigenvalue weighted by atomic mass is 10.1. The van der Waals surface area contributed by atoms with Gasteiger partial charge >= 0.3 is 11.7 Å². The van der Waals surface area contributed by atoms with E-state index in [4.69, 9.17) is 5.11 Å². The van der Waals surface area contributed by atoms with Gasteiger partial charge < -0.3 is 5.11 Å². The summed E-state index contributed by atoms with van der Waals surface area (Å²) in [4.78, 5) is 46.5. The predicted octanol–water partition coefficient (Wildman–Crippen LogP) is 1.35. The summed E-state index contributed by atoms with van der Waals surface area (Å²) in [5, 5.41) is 19.9. The highest BCUT2D eigenvalue weighted by atomic mass is 16.6. The first-order chi connectivity index (χ1) is 12.3. The lowest BCUT2D eigenvalue weighted by Gasteiger charge is -2.11. The zero-order valence-corrected chi connectivity index (χ0v) is 13.6. The van der Waals surface area contributed by atoms with Crippen LogP contribution in [0.25, 0.3) is 10.9 Å². The molecule has 0 aliphatic heterocycles. The van der Waals surface area contributed by atoms with E-state index in [0.29, 0.717) is 11.1 Å². The zero-order chi connectivity index (χ0) is 19.0. The van der Waals surface area contributed by atoms with Crippen molar-refractivity contribution in [2.75, 3.05) is 0 Å². The van der Waals surface area contributed by atoms with E-state index in [-0.39, 0.29) is 23.2 Å². The number of non-ortho nitro benzene ring substituents is 1. The summed E-state index contributed by atoms with van der Waals surface area (Å²) >= 11 is 0. The normalized spacial score (nSPS) is 10.8. The van der Waals surface area contributed by atoms with Gasteiger partial charge in [-0.05, 0) is 23.8 Å². The predicted molar refractivity (Wildman–Crippen MR) is 92.6 cm³/mol. The molecule has 3 rings (SSSR count). The Morgan fingerprint density at radius 3 is 2.38 bits per heavy atom. The summed E-state index contributed by atoms with van der Waals surface area (Å²) in [6, 6.07) is 9.46. The van der Waals surface area contributed by atoms with Crippen molar-refractivity contribution in [1.82, 2.24) is 9.13 Å². The first-order valence-electron chi connectivity index (χ1n) is 7.50. The molecule has 3 aromatic rings. The molecule has 0 aliphatic rings. The molecule has 0 unspecified atom stereocenters. The molecule has 0 spiro atoms. The van der Waals surface area contributed by atoms with Crippen molar-refractivity contribution < 1.29 is 14.8 Å². The highest BCUT2D eigenvalue weighted by Crippen LogP contribution is 2.14. The number of nitrogens with zero attached hydrogens (tertiary/aromatic N) is 3. The Labute approximate surface area is 145 Å². The second kappa shape index (κ2) is 6.28. The maximum Gasteiger partial charge on any atom is 0.335 e. The number of carboxylic acids is 1. The molecule has 1 N–H and O–H groups in total. The Balaban J connectivity index is 2.16. The minimum Gasteiger partial charge on any atom is -0.478 e. The Hall–Kier alpha value is -3.75. The standard InChI is InChI=1S/C17H13N3O6/c1-18-14-7-4-11(16(22)23)8-13(14)15(21)19(17(18)24)9-10-2-5-12(6-3-10)20(25)26/h2-8H,9H2,1H3,(H,22,23). The molecule has 0 saturated carbocycles. The molecule has 0 fully saturated rings. The molecule has 0 saturated heterocycles. The summed E-state index contributed by atoms with van der Waals surface area (Å²) in [6.07, 6.45) is 0. The van der Waals surface area contributed by atoms with Gasteiger partial charge in [-0.25, -0.2) is 9.59 Å². The third-order valence-corrected chi connectivity index (χ3v) is 4.09. The van der Waals surface area contributed by atoms with Gasteiger partial charge in [-0.3, -0.25) is 24.0 Å². The monoisotopic (exact) mass is 355 g/mol. The van der Waals surface area contributed by atoms with Crippen LogP contribution in [0.15, 0.2) is 52.1 Å². The van der Waals surface area contributed by atoms with Crippen LogP contribution in [0.3, 0.4) is 0 Å². The lowest BCUT2D eigenvalue weighted by molar-refractivity contribution is -0.384. The van der Waals surface area contributed by atoms with E-state index in [9.17, 15) is 24.5 Å². The fourth-order valence-electron chi connectivity index (χ4n) is 2.69. The van der Waals surface area contributed by atoms with Gasteiger partial charge in [0, 0.05) is 19.2 Å². The number of aromatic carboxylic acids is 1. The van der Waals surface area contributed by atoms with Crippen LogP contribution in [0.4, 0.5) is 5.69 Å². The zero-order valence-electron chi connectivity index (χ0n) is 13.6. The smallest absolute Gasteiger partial charge is 0.335 e. The molecule has 26 heavy (non-hydrogen) atoms. The number of nitro groups is 1. The van der Waals surface area contributed by atoms with Crippen LogP contribution in [0, 0.1) is 10.1 Å². The largest absolute Gasteiger partial charge is 0.478 e. The van der Waals surface area contributed by atoms with Crippen molar-refractivity contribution in [3.63, 3.8) is 0 Å². The molecule has 0 atom stereocenters. The van der Waals surface area contributed by atoms with Crippen LogP contribution in [-0.2, 0) is 13.6 Å². The van der Waals surface area contributed by atoms with E-state index < -0.39 is 22.1 Å². The van der Waals surface area contributed by atoms with Gasteiger partial charge in [0.05, 0.1) is 27.9 Å². The number of carboxylic acid groups (broad SMARTS) is 1. The molecule has 1 aromatic heterocycles. The molecule has 1 heterocycles. The number of nitro benzene ring substituents is 1. The second-order valence-corrected chi connectivity index (χ2v) is 5.69. The molecule has 9 nitrogen and oxygen atoms in total. The summed E-state index contributed by atoms with van der Waals surface area (Å²) < 4.78 is 2.23. The van der Waals surface area contributed by atoms with Crippen molar-refractivity contribution in [1.29, 1.82) is 0 Å². The summed E-state index contributed by atoms with van der Waals surface area (Å²) in [6.45, 7) is -0.0866. The van der Waals surface area contributed by atoms with Gasteiger partial charge in [-0.2, -0.15) is 0 Å². The third-order valence-electron chi connectivity index (χ3n) is 4.09. The van der Waals surface area contributed by atoms with Gasteiger partial charge in [0.15, 0.2) is 0 Å². The van der Waals surface area contributed by atoms with Crippen molar-refractivity contribution in [3.8, 4) is 0 Å². The van der Waals surface area contributed by atoms with Gasteiger partial charge in [-0.1, -0.05) is 12.1 Å².